The van der Waals surface area contributed by atoms with Crippen molar-refractivity contribution in [3.63, 3.8) is 0 Å². The average Bonchev–Trinajstić information content (AvgIpc) is 3.14. The van der Waals surface area contributed by atoms with Crippen molar-refractivity contribution >= 4 is 0 Å². The average molecular weight is 396 g/mol. The lowest BCUT2D eigenvalue weighted by Crippen LogP contribution is -2.35. The van der Waals surface area contributed by atoms with E-state index in [1.54, 1.807) is 0 Å². The molecule has 0 radical (unpaired) electrons. The zero-order valence-electron chi connectivity index (χ0n) is 17.3. The first kappa shape index (κ1) is 20.3. The highest BCUT2D eigenvalue weighted by atomic mass is 16.5. The van der Waals surface area contributed by atoms with Crippen LogP contribution in [0, 0.1) is 0 Å². The zero-order chi connectivity index (χ0) is 19.7. The maximum Gasteiger partial charge on any atom is 0.119 e. The van der Waals surface area contributed by atoms with E-state index in [0.717, 1.165) is 57.1 Å². The highest BCUT2D eigenvalue weighted by Crippen LogP contribution is 2.21. The Bertz CT molecular complexity index is 709. The van der Waals surface area contributed by atoms with E-state index in [-0.39, 0.29) is 6.10 Å². The molecule has 2 saturated heterocycles. The van der Waals surface area contributed by atoms with Gasteiger partial charge in [-0.3, -0.25) is 9.88 Å². The van der Waals surface area contributed by atoms with Gasteiger partial charge in [-0.25, -0.2) is 0 Å². The van der Waals surface area contributed by atoms with Crippen LogP contribution in [-0.2, 0) is 17.8 Å². The lowest BCUT2D eigenvalue weighted by molar-refractivity contribution is 0.0679. The molecule has 5 nitrogen and oxygen atoms in total. The summed E-state index contributed by atoms with van der Waals surface area (Å²) in [5.74, 6) is 0.930. The number of benzene rings is 1. The quantitative estimate of drug-likeness (QED) is 0.737. The van der Waals surface area contributed by atoms with Crippen LogP contribution < -0.4 is 10.1 Å². The molecule has 4 rings (SSSR count). The minimum Gasteiger partial charge on any atom is -0.491 e. The monoisotopic (exact) mass is 395 g/mol. The van der Waals surface area contributed by atoms with E-state index in [4.69, 9.17) is 9.47 Å². The minimum atomic E-state index is 0.257. The van der Waals surface area contributed by atoms with Gasteiger partial charge in [0.05, 0.1) is 11.8 Å². The third-order valence-electron chi connectivity index (χ3n) is 5.92. The van der Waals surface area contributed by atoms with Gasteiger partial charge in [0.2, 0.25) is 0 Å². The first-order valence-electron chi connectivity index (χ1n) is 11.0. The van der Waals surface area contributed by atoms with Gasteiger partial charge in [-0.05, 0) is 75.0 Å². The molecule has 0 saturated carbocycles. The third kappa shape index (κ3) is 6.26. The largest absolute Gasteiger partial charge is 0.491 e. The molecule has 1 aromatic carbocycles. The van der Waals surface area contributed by atoms with Gasteiger partial charge in [-0.15, -0.1) is 0 Å². The van der Waals surface area contributed by atoms with Crippen LogP contribution in [0.3, 0.4) is 0 Å². The first-order valence-corrected chi connectivity index (χ1v) is 11.0. The second kappa shape index (κ2) is 10.7. The van der Waals surface area contributed by atoms with Crippen molar-refractivity contribution in [3.05, 3.63) is 59.9 Å². The van der Waals surface area contributed by atoms with Crippen LogP contribution >= 0.6 is 0 Å². The van der Waals surface area contributed by atoms with E-state index in [1.807, 2.05) is 12.3 Å². The summed E-state index contributed by atoms with van der Waals surface area (Å²) in [7, 11) is 0. The molecule has 0 amide bonds. The Morgan fingerprint density at radius 2 is 1.93 bits per heavy atom. The summed E-state index contributed by atoms with van der Waals surface area (Å²) < 4.78 is 11.6. The maximum absolute atomic E-state index is 5.92. The summed E-state index contributed by atoms with van der Waals surface area (Å²) in [6.45, 7) is 5.58. The second-order valence-corrected chi connectivity index (χ2v) is 8.15. The second-order valence-electron chi connectivity index (χ2n) is 8.15. The van der Waals surface area contributed by atoms with Crippen LogP contribution in [0.25, 0.3) is 0 Å². The number of hydrogen-bond donors (Lipinski definition) is 1. The summed E-state index contributed by atoms with van der Waals surface area (Å²) in [6.07, 6.45) is 8.07. The van der Waals surface area contributed by atoms with E-state index in [1.165, 1.54) is 24.8 Å². The molecular formula is C24H33N3O2. The van der Waals surface area contributed by atoms with Gasteiger partial charge in [-0.2, -0.15) is 0 Å². The summed E-state index contributed by atoms with van der Waals surface area (Å²) in [6, 6.07) is 15.4. The number of nitrogens with one attached hydrogen (secondary N) is 1. The molecule has 3 heterocycles. The van der Waals surface area contributed by atoms with Crippen molar-refractivity contribution in [3.8, 4) is 5.75 Å². The number of pyridine rings is 1. The van der Waals surface area contributed by atoms with Crippen LogP contribution in [-0.4, -0.2) is 48.3 Å². The number of rotatable bonds is 8. The lowest BCUT2D eigenvalue weighted by Gasteiger charge is -2.31. The Kier molecular flexibility index (Phi) is 7.51. The Labute approximate surface area is 174 Å². The molecule has 2 unspecified atom stereocenters. The predicted octanol–water partition coefficient (Wildman–Crippen LogP) is 3.78. The highest BCUT2D eigenvalue weighted by molar-refractivity contribution is 5.27. The van der Waals surface area contributed by atoms with E-state index in [9.17, 15) is 0 Å². The maximum atomic E-state index is 5.92. The number of nitrogens with zero attached hydrogens (tertiary/aromatic N) is 2. The molecule has 2 atom stereocenters. The Morgan fingerprint density at radius 1 is 1.00 bits per heavy atom. The zero-order valence-corrected chi connectivity index (χ0v) is 17.3. The third-order valence-corrected chi connectivity index (χ3v) is 5.92. The molecule has 0 spiro atoms. The van der Waals surface area contributed by atoms with Gasteiger partial charge in [-0.1, -0.05) is 18.2 Å². The number of hydrogen-bond acceptors (Lipinski definition) is 5. The molecule has 5 heteroatoms. The van der Waals surface area contributed by atoms with Crippen LogP contribution in [0.4, 0.5) is 0 Å². The number of aromatic nitrogens is 1. The topological polar surface area (TPSA) is 46.6 Å². The molecule has 1 aromatic heterocycles. The molecule has 0 bridgehead atoms. The van der Waals surface area contributed by atoms with Gasteiger partial charge < -0.3 is 14.8 Å². The molecule has 156 valence electrons. The van der Waals surface area contributed by atoms with Crippen molar-refractivity contribution in [2.24, 2.45) is 0 Å². The van der Waals surface area contributed by atoms with Crippen LogP contribution in [0.1, 0.15) is 43.4 Å². The Morgan fingerprint density at radius 3 is 2.72 bits per heavy atom. The first-order chi connectivity index (χ1) is 14.4. The molecule has 2 aromatic rings. The van der Waals surface area contributed by atoms with E-state index >= 15 is 0 Å². The molecule has 29 heavy (non-hydrogen) atoms. The van der Waals surface area contributed by atoms with Gasteiger partial charge in [0, 0.05) is 31.9 Å². The Balaban J connectivity index is 1.39. The molecule has 0 aliphatic carbocycles. The SMILES string of the molecule is c1ccc(CN(Cc2ccc(OCC3CCCO3)cc2)C2CCCNCC2)nc1. The fraction of sp³-hybridized carbons (Fsp3) is 0.542. The summed E-state index contributed by atoms with van der Waals surface area (Å²) in [5, 5.41) is 3.54. The molecule has 1 N–H and O–H groups in total. The van der Waals surface area contributed by atoms with Crippen molar-refractivity contribution in [1.29, 1.82) is 0 Å². The fourth-order valence-electron chi connectivity index (χ4n) is 4.27. The van der Waals surface area contributed by atoms with E-state index in [2.05, 4.69) is 51.6 Å². The fourth-order valence-corrected chi connectivity index (χ4v) is 4.27. The molecule has 2 fully saturated rings. The summed E-state index contributed by atoms with van der Waals surface area (Å²) in [5.41, 5.74) is 2.46. The molecular weight excluding hydrogens is 362 g/mol. The standard InChI is InChI=1S/C24H33N3O2/c1-2-14-26-21(5-1)18-27(22-6-3-13-25-15-12-22)17-20-8-10-23(11-9-20)29-19-24-7-4-16-28-24/h1-2,5,8-11,14,22,24-25H,3-4,6-7,12-13,15-19H2. The van der Waals surface area contributed by atoms with Gasteiger partial charge in [0.1, 0.15) is 12.4 Å². The van der Waals surface area contributed by atoms with Gasteiger partial charge in [0.15, 0.2) is 0 Å². The van der Waals surface area contributed by atoms with Crippen molar-refractivity contribution < 1.29 is 9.47 Å². The van der Waals surface area contributed by atoms with Crippen LogP contribution in [0.15, 0.2) is 48.7 Å². The predicted molar refractivity (Wildman–Crippen MR) is 115 cm³/mol. The highest BCUT2D eigenvalue weighted by Gasteiger charge is 2.21. The normalized spacial score (nSPS) is 22.5. The lowest BCUT2D eigenvalue weighted by atomic mass is 10.1. The minimum absolute atomic E-state index is 0.257. The van der Waals surface area contributed by atoms with Crippen LogP contribution in [0.5, 0.6) is 5.75 Å². The van der Waals surface area contributed by atoms with E-state index in [0.29, 0.717) is 12.6 Å². The smallest absolute Gasteiger partial charge is 0.119 e. The summed E-state index contributed by atoms with van der Waals surface area (Å²) >= 11 is 0. The Hall–Kier alpha value is -1.95. The van der Waals surface area contributed by atoms with Gasteiger partial charge in [0.25, 0.3) is 0 Å². The number of ether oxygens (including phenoxy) is 2. The van der Waals surface area contributed by atoms with Crippen molar-refractivity contribution in [1.82, 2.24) is 15.2 Å². The van der Waals surface area contributed by atoms with Gasteiger partial charge >= 0.3 is 0 Å². The van der Waals surface area contributed by atoms with Crippen molar-refractivity contribution in [2.75, 3.05) is 26.3 Å². The van der Waals surface area contributed by atoms with Crippen molar-refractivity contribution in [2.45, 2.75) is 57.3 Å². The van der Waals surface area contributed by atoms with Crippen LogP contribution in [0.2, 0.25) is 0 Å². The molecule has 2 aliphatic heterocycles. The molecule has 2 aliphatic rings. The summed E-state index contributed by atoms with van der Waals surface area (Å²) in [4.78, 5) is 7.16. The van der Waals surface area contributed by atoms with E-state index < -0.39 is 0 Å².